The number of nitrogens with one attached hydrogen (secondary N) is 1. The summed E-state index contributed by atoms with van der Waals surface area (Å²) in [5.74, 6) is 1.77. The van der Waals surface area contributed by atoms with E-state index >= 15 is 0 Å². The lowest BCUT2D eigenvalue weighted by Gasteiger charge is -2.31. The molecule has 0 aliphatic heterocycles. The first-order valence-electron chi connectivity index (χ1n) is 6.58. The molecule has 0 heterocycles. The molecule has 1 fully saturated rings. The average Bonchev–Trinajstić information content (AvgIpc) is 3.03. The fourth-order valence-corrected chi connectivity index (χ4v) is 2.15. The van der Waals surface area contributed by atoms with Crippen molar-refractivity contribution in [2.24, 2.45) is 17.6 Å². The van der Waals surface area contributed by atoms with Gasteiger partial charge in [-0.25, -0.2) is 0 Å². The summed E-state index contributed by atoms with van der Waals surface area (Å²) in [5.41, 5.74) is 6.07. The van der Waals surface area contributed by atoms with Crippen LogP contribution in [0.4, 0.5) is 0 Å². The maximum Gasteiger partial charge on any atom is 0.0278 e. The number of hydrogen-bond acceptors (Lipinski definition) is 2. The second-order valence-corrected chi connectivity index (χ2v) is 5.48. The topological polar surface area (TPSA) is 38.0 Å². The van der Waals surface area contributed by atoms with E-state index < -0.39 is 0 Å². The molecule has 0 amide bonds. The van der Waals surface area contributed by atoms with Crippen LogP contribution < -0.4 is 11.1 Å². The molecule has 1 rings (SSSR count). The molecule has 0 spiro atoms. The smallest absolute Gasteiger partial charge is 0.0278 e. The van der Waals surface area contributed by atoms with Crippen LogP contribution in [0.25, 0.3) is 0 Å². The molecule has 0 aromatic rings. The molecular weight excluding hydrogens is 184 g/mol. The van der Waals surface area contributed by atoms with Crippen LogP contribution in [-0.4, -0.2) is 18.6 Å². The molecule has 1 unspecified atom stereocenters. The van der Waals surface area contributed by atoms with Crippen LogP contribution in [-0.2, 0) is 0 Å². The summed E-state index contributed by atoms with van der Waals surface area (Å²) in [6.07, 6.45) is 6.65. The summed E-state index contributed by atoms with van der Waals surface area (Å²) >= 11 is 0. The van der Waals surface area contributed by atoms with E-state index in [0.717, 1.165) is 24.9 Å². The van der Waals surface area contributed by atoms with Gasteiger partial charge in [-0.1, -0.05) is 39.5 Å². The minimum atomic E-state index is 0.184. The Hall–Kier alpha value is -0.0800. The Morgan fingerprint density at radius 1 is 1.33 bits per heavy atom. The van der Waals surface area contributed by atoms with Gasteiger partial charge in [-0.15, -0.1) is 0 Å². The summed E-state index contributed by atoms with van der Waals surface area (Å²) in [6, 6.07) is 0. The van der Waals surface area contributed by atoms with Gasteiger partial charge >= 0.3 is 0 Å². The van der Waals surface area contributed by atoms with Crippen molar-refractivity contribution in [2.45, 2.75) is 58.4 Å². The normalized spacial score (nSPS) is 20.6. The number of hydrogen-bond donors (Lipinski definition) is 2. The van der Waals surface area contributed by atoms with Crippen LogP contribution in [0.3, 0.4) is 0 Å². The second kappa shape index (κ2) is 5.86. The first-order valence-corrected chi connectivity index (χ1v) is 6.58. The fourth-order valence-electron chi connectivity index (χ4n) is 2.15. The van der Waals surface area contributed by atoms with E-state index in [1.165, 1.54) is 32.1 Å². The first kappa shape index (κ1) is 13.0. The standard InChI is InChI=1S/C13H28N2/c1-4-11(5-2)9-15-13(3,10-14)8-12-6-7-12/h11-12,15H,4-10,14H2,1-3H3. The predicted molar refractivity (Wildman–Crippen MR) is 66.9 cm³/mol. The third kappa shape index (κ3) is 4.52. The summed E-state index contributed by atoms with van der Waals surface area (Å²) in [6.45, 7) is 8.73. The van der Waals surface area contributed by atoms with E-state index in [0.29, 0.717) is 0 Å². The van der Waals surface area contributed by atoms with Crippen LogP contribution in [0.15, 0.2) is 0 Å². The van der Waals surface area contributed by atoms with Gasteiger partial charge in [0, 0.05) is 12.1 Å². The molecule has 3 N–H and O–H groups in total. The third-order valence-electron chi connectivity index (χ3n) is 3.86. The highest BCUT2D eigenvalue weighted by atomic mass is 15.0. The summed E-state index contributed by atoms with van der Waals surface area (Å²) in [7, 11) is 0. The maximum atomic E-state index is 5.89. The third-order valence-corrected chi connectivity index (χ3v) is 3.86. The quantitative estimate of drug-likeness (QED) is 0.649. The van der Waals surface area contributed by atoms with Crippen LogP contribution in [0.5, 0.6) is 0 Å². The minimum Gasteiger partial charge on any atom is -0.329 e. The van der Waals surface area contributed by atoms with Gasteiger partial charge in [0.1, 0.15) is 0 Å². The van der Waals surface area contributed by atoms with E-state index in [2.05, 4.69) is 26.1 Å². The molecule has 90 valence electrons. The largest absolute Gasteiger partial charge is 0.329 e. The minimum absolute atomic E-state index is 0.184. The van der Waals surface area contributed by atoms with Gasteiger partial charge in [0.2, 0.25) is 0 Å². The molecule has 1 aliphatic rings. The Kier molecular flexibility index (Phi) is 5.07. The molecule has 0 bridgehead atoms. The zero-order valence-electron chi connectivity index (χ0n) is 10.7. The van der Waals surface area contributed by atoms with E-state index in [1.54, 1.807) is 0 Å². The zero-order valence-corrected chi connectivity index (χ0v) is 10.7. The van der Waals surface area contributed by atoms with Crippen LogP contribution in [0.1, 0.15) is 52.9 Å². The zero-order chi connectivity index (χ0) is 11.3. The molecule has 0 aromatic carbocycles. The van der Waals surface area contributed by atoms with Gasteiger partial charge in [-0.05, 0) is 31.7 Å². The van der Waals surface area contributed by atoms with Crippen molar-refractivity contribution >= 4 is 0 Å². The summed E-state index contributed by atoms with van der Waals surface area (Å²) in [4.78, 5) is 0. The molecule has 0 radical (unpaired) electrons. The molecule has 0 aromatic heterocycles. The lowest BCUT2D eigenvalue weighted by molar-refractivity contribution is 0.292. The predicted octanol–water partition coefficient (Wildman–Crippen LogP) is 2.53. The van der Waals surface area contributed by atoms with Gasteiger partial charge in [0.25, 0.3) is 0 Å². The lowest BCUT2D eigenvalue weighted by Crippen LogP contribution is -2.50. The summed E-state index contributed by atoms with van der Waals surface area (Å²) < 4.78 is 0. The van der Waals surface area contributed by atoms with Crippen molar-refractivity contribution < 1.29 is 0 Å². The molecule has 1 saturated carbocycles. The van der Waals surface area contributed by atoms with Crippen molar-refractivity contribution in [2.75, 3.05) is 13.1 Å². The highest BCUT2D eigenvalue weighted by Crippen LogP contribution is 2.36. The highest BCUT2D eigenvalue weighted by molar-refractivity contribution is 4.91. The van der Waals surface area contributed by atoms with Crippen LogP contribution in [0.2, 0.25) is 0 Å². The molecule has 2 nitrogen and oxygen atoms in total. The maximum absolute atomic E-state index is 5.89. The first-order chi connectivity index (χ1) is 7.13. The second-order valence-electron chi connectivity index (χ2n) is 5.48. The van der Waals surface area contributed by atoms with E-state index in [4.69, 9.17) is 5.73 Å². The SMILES string of the molecule is CCC(CC)CNC(C)(CN)CC1CC1. The van der Waals surface area contributed by atoms with Crippen LogP contribution in [0, 0.1) is 11.8 Å². The van der Waals surface area contributed by atoms with Crippen molar-refractivity contribution in [3.63, 3.8) is 0 Å². The van der Waals surface area contributed by atoms with Crippen molar-refractivity contribution in [3.05, 3.63) is 0 Å². The Bertz CT molecular complexity index is 173. The Labute approximate surface area is 95.0 Å². The molecule has 0 saturated heterocycles. The van der Waals surface area contributed by atoms with Gasteiger partial charge in [-0.3, -0.25) is 0 Å². The average molecular weight is 212 g/mol. The number of rotatable bonds is 8. The molecule has 2 heteroatoms. The highest BCUT2D eigenvalue weighted by Gasteiger charge is 2.32. The van der Waals surface area contributed by atoms with Crippen molar-refractivity contribution in [1.82, 2.24) is 5.32 Å². The lowest BCUT2D eigenvalue weighted by atomic mass is 9.93. The van der Waals surface area contributed by atoms with Crippen LogP contribution >= 0.6 is 0 Å². The molecular formula is C13H28N2. The summed E-state index contributed by atoms with van der Waals surface area (Å²) in [5, 5.41) is 3.69. The van der Waals surface area contributed by atoms with Gasteiger partial charge in [0.15, 0.2) is 0 Å². The Balaban J connectivity index is 2.30. The van der Waals surface area contributed by atoms with E-state index in [9.17, 15) is 0 Å². The van der Waals surface area contributed by atoms with Gasteiger partial charge in [0.05, 0.1) is 0 Å². The monoisotopic (exact) mass is 212 g/mol. The number of nitrogens with two attached hydrogens (primary N) is 1. The van der Waals surface area contributed by atoms with Crippen molar-refractivity contribution in [1.29, 1.82) is 0 Å². The fraction of sp³-hybridized carbons (Fsp3) is 1.00. The Morgan fingerprint density at radius 3 is 2.33 bits per heavy atom. The van der Waals surface area contributed by atoms with Gasteiger partial charge < -0.3 is 11.1 Å². The van der Waals surface area contributed by atoms with Gasteiger partial charge in [-0.2, -0.15) is 0 Å². The molecule has 1 atom stereocenters. The Morgan fingerprint density at radius 2 is 1.93 bits per heavy atom. The van der Waals surface area contributed by atoms with Crippen molar-refractivity contribution in [3.8, 4) is 0 Å². The van der Waals surface area contributed by atoms with E-state index in [1.807, 2.05) is 0 Å². The molecule has 1 aliphatic carbocycles. The molecule has 15 heavy (non-hydrogen) atoms. The van der Waals surface area contributed by atoms with E-state index in [-0.39, 0.29) is 5.54 Å².